The molecule has 29 heavy (non-hydrogen) atoms. The van der Waals surface area contributed by atoms with Gasteiger partial charge in [0.15, 0.2) is 11.5 Å². The van der Waals surface area contributed by atoms with Gasteiger partial charge in [-0.05, 0) is 36.3 Å². The number of rotatable bonds is 7. The monoisotopic (exact) mass is 394 g/mol. The number of para-hydroxylation sites is 1. The van der Waals surface area contributed by atoms with Crippen molar-refractivity contribution in [3.8, 4) is 29.1 Å². The van der Waals surface area contributed by atoms with Crippen LogP contribution in [0, 0.1) is 18.3 Å². The fourth-order valence-corrected chi connectivity index (χ4v) is 2.56. The lowest BCUT2D eigenvalue weighted by molar-refractivity contribution is -0.117. The maximum Gasteiger partial charge on any atom is 0.262 e. The number of hydrogen-bond acceptors (Lipinski definition) is 6. The molecule has 0 spiro atoms. The highest BCUT2D eigenvalue weighted by Crippen LogP contribution is 2.37. The molecular formula is C22H22N2O5. The van der Waals surface area contributed by atoms with Gasteiger partial charge in [0.2, 0.25) is 5.75 Å². The summed E-state index contributed by atoms with van der Waals surface area (Å²) < 4.78 is 10.2. The van der Waals surface area contributed by atoms with Gasteiger partial charge in [-0.1, -0.05) is 30.4 Å². The molecule has 7 nitrogen and oxygen atoms in total. The van der Waals surface area contributed by atoms with Crippen molar-refractivity contribution in [2.24, 2.45) is 0 Å². The highest BCUT2D eigenvalue weighted by atomic mass is 16.5. The van der Waals surface area contributed by atoms with Gasteiger partial charge in [0, 0.05) is 12.1 Å². The van der Waals surface area contributed by atoms with E-state index in [1.54, 1.807) is 43.3 Å². The second kappa shape index (κ2) is 9.85. The van der Waals surface area contributed by atoms with Crippen LogP contribution in [-0.4, -0.2) is 30.3 Å². The van der Waals surface area contributed by atoms with Crippen molar-refractivity contribution in [1.82, 2.24) is 5.32 Å². The van der Waals surface area contributed by atoms with Gasteiger partial charge < -0.3 is 25.0 Å². The first-order valence-electron chi connectivity index (χ1n) is 8.70. The molecule has 2 aromatic carbocycles. The number of aryl methyl sites for hydroxylation is 1. The van der Waals surface area contributed by atoms with Crippen LogP contribution in [0.2, 0.25) is 0 Å². The molecule has 3 N–H and O–H groups in total. The number of benzene rings is 2. The summed E-state index contributed by atoms with van der Waals surface area (Å²) in [6.07, 6.45) is 4.55. The van der Waals surface area contributed by atoms with Crippen molar-refractivity contribution in [3.05, 3.63) is 64.7 Å². The van der Waals surface area contributed by atoms with Crippen molar-refractivity contribution in [2.45, 2.75) is 13.5 Å². The minimum atomic E-state index is -0.557. The second-order valence-electron chi connectivity index (χ2n) is 6.09. The average Bonchev–Trinajstić information content (AvgIpc) is 2.72. The summed E-state index contributed by atoms with van der Waals surface area (Å²) in [5, 5.41) is 31.8. The number of phenols is 2. The number of nitrogens with one attached hydrogen (secondary N) is 1. The van der Waals surface area contributed by atoms with Crippen LogP contribution in [0.15, 0.2) is 48.1 Å². The third-order valence-corrected chi connectivity index (χ3v) is 4.18. The zero-order chi connectivity index (χ0) is 21.4. The molecule has 0 aliphatic heterocycles. The van der Waals surface area contributed by atoms with E-state index in [9.17, 15) is 20.3 Å². The number of ether oxygens (including phenoxy) is 2. The Morgan fingerprint density at radius 3 is 2.41 bits per heavy atom. The normalized spacial score (nSPS) is 11.2. The van der Waals surface area contributed by atoms with Crippen molar-refractivity contribution < 1.29 is 24.5 Å². The molecular weight excluding hydrogens is 372 g/mol. The van der Waals surface area contributed by atoms with Crippen molar-refractivity contribution in [2.75, 3.05) is 14.2 Å². The van der Waals surface area contributed by atoms with Crippen LogP contribution in [0.5, 0.6) is 23.0 Å². The second-order valence-corrected chi connectivity index (χ2v) is 6.09. The van der Waals surface area contributed by atoms with E-state index in [1.807, 2.05) is 6.07 Å². The van der Waals surface area contributed by atoms with Gasteiger partial charge >= 0.3 is 0 Å². The quantitative estimate of drug-likeness (QED) is 0.378. The predicted molar refractivity (Wildman–Crippen MR) is 109 cm³/mol. The maximum atomic E-state index is 12.2. The first kappa shape index (κ1) is 21.4. The first-order chi connectivity index (χ1) is 13.9. The van der Waals surface area contributed by atoms with Crippen LogP contribution in [0.25, 0.3) is 6.08 Å². The number of amides is 1. The molecule has 2 rings (SSSR count). The molecule has 0 saturated carbocycles. The molecule has 0 unspecified atom stereocenters. The summed E-state index contributed by atoms with van der Waals surface area (Å²) in [6.45, 7) is 1.86. The van der Waals surface area contributed by atoms with Crippen molar-refractivity contribution in [1.29, 1.82) is 5.26 Å². The van der Waals surface area contributed by atoms with Crippen LogP contribution in [-0.2, 0) is 11.3 Å². The number of nitrogens with zero attached hydrogens (tertiary/aromatic N) is 1. The lowest BCUT2D eigenvalue weighted by atomic mass is 10.1. The van der Waals surface area contributed by atoms with Gasteiger partial charge in [-0.25, -0.2) is 0 Å². The number of carbonyl (C=O) groups excluding carboxylic acids is 1. The molecule has 0 fully saturated rings. The van der Waals surface area contributed by atoms with Gasteiger partial charge in [-0.2, -0.15) is 5.26 Å². The van der Waals surface area contributed by atoms with E-state index in [2.05, 4.69) is 5.32 Å². The van der Waals surface area contributed by atoms with Crippen LogP contribution in [0.3, 0.4) is 0 Å². The molecule has 0 aliphatic carbocycles. The molecule has 150 valence electrons. The number of nitriles is 1. The lowest BCUT2D eigenvalue weighted by Gasteiger charge is -2.09. The third-order valence-electron chi connectivity index (χ3n) is 4.18. The highest BCUT2D eigenvalue weighted by molar-refractivity contribution is 5.97. The fraction of sp³-hybridized carbons (Fsp3) is 0.182. The van der Waals surface area contributed by atoms with Gasteiger partial charge in [-0.3, -0.25) is 4.79 Å². The number of hydrogen-bond donors (Lipinski definition) is 3. The van der Waals surface area contributed by atoms with E-state index < -0.39 is 5.91 Å². The molecule has 0 saturated heterocycles. The molecule has 0 aliphatic rings. The van der Waals surface area contributed by atoms with Crippen molar-refractivity contribution in [3.63, 3.8) is 0 Å². The van der Waals surface area contributed by atoms with Crippen LogP contribution < -0.4 is 14.8 Å². The molecule has 1 amide bonds. The van der Waals surface area contributed by atoms with Gasteiger partial charge in [0.1, 0.15) is 17.4 Å². The SMILES string of the molecule is COc1cc(/C=C/C=C(\C#N)C(=O)NCc2cccc(C)c2O)cc(OC)c1O. The third kappa shape index (κ3) is 5.30. The Bertz CT molecular complexity index is 978. The van der Waals surface area contributed by atoms with Gasteiger partial charge in [-0.15, -0.1) is 0 Å². The van der Waals surface area contributed by atoms with E-state index in [0.29, 0.717) is 16.7 Å². The Morgan fingerprint density at radius 2 is 1.83 bits per heavy atom. The highest BCUT2D eigenvalue weighted by Gasteiger charge is 2.11. The van der Waals surface area contributed by atoms with Crippen LogP contribution in [0.4, 0.5) is 0 Å². The maximum absolute atomic E-state index is 12.2. The van der Waals surface area contributed by atoms with E-state index in [1.165, 1.54) is 26.4 Å². The summed E-state index contributed by atoms with van der Waals surface area (Å²) in [4.78, 5) is 12.2. The zero-order valence-corrected chi connectivity index (χ0v) is 16.4. The molecule has 0 heterocycles. The Morgan fingerprint density at radius 1 is 1.17 bits per heavy atom. The molecule has 2 aromatic rings. The summed E-state index contributed by atoms with van der Waals surface area (Å²) in [5.41, 5.74) is 1.83. The Balaban J connectivity index is 2.12. The fourth-order valence-electron chi connectivity index (χ4n) is 2.56. The smallest absolute Gasteiger partial charge is 0.262 e. The summed E-state index contributed by atoms with van der Waals surface area (Å²) in [7, 11) is 2.85. The minimum absolute atomic E-state index is 0.0916. The average molecular weight is 394 g/mol. The van der Waals surface area contributed by atoms with Crippen LogP contribution in [0.1, 0.15) is 16.7 Å². The Labute approximate surface area is 169 Å². The minimum Gasteiger partial charge on any atom is -0.507 e. The van der Waals surface area contributed by atoms with E-state index in [0.717, 1.165) is 0 Å². The largest absolute Gasteiger partial charge is 0.507 e. The molecule has 0 radical (unpaired) electrons. The first-order valence-corrected chi connectivity index (χ1v) is 8.70. The number of aromatic hydroxyl groups is 2. The summed E-state index contributed by atoms with van der Waals surface area (Å²) in [6, 6.07) is 10.3. The zero-order valence-electron chi connectivity index (χ0n) is 16.4. The number of carbonyl (C=O) groups is 1. The van der Waals surface area contributed by atoms with E-state index in [4.69, 9.17) is 9.47 Å². The topological polar surface area (TPSA) is 112 Å². The van der Waals surface area contributed by atoms with E-state index >= 15 is 0 Å². The number of phenolic OH excluding ortho intramolecular Hbond substituents is 2. The molecule has 0 atom stereocenters. The molecule has 0 bridgehead atoms. The summed E-state index contributed by atoms with van der Waals surface area (Å²) >= 11 is 0. The van der Waals surface area contributed by atoms with Crippen molar-refractivity contribution >= 4 is 12.0 Å². The molecule has 0 aromatic heterocycles. The Kier molecular flexibility index (Phi) is 7.26. The Hall–Kier alpha value is -3.92. The number of methoxy groups -OCH3 is 2. The van der Waals surface area contributed by atoms with E-state index in [-0.39, 0.29) is 35.1 Å². The number of allylic oxidation sites excluding steroid dienone is 2. The molecule has 7 heteroatoms. The van der Waals surface area contributed by atoms with Gasteiger partial charge in [0.25, 0.3) is 5.91 Å². The lowest BCUT2D eigenvalue weighted by Crippen LogP contribution is -2.24. The summed E-state index contributed by atoms with van der Waals surface area (Å²) in [5.74, 6) is -0.0723. The standard InChI is InChI=1S/C22H22N2O5/c1-14-6-4-9-17(20(14)25)13-24-22(27)16(12-23)8-5-7-15-10-18(28-2)21(26)19(11-15)29-3/h4-11,25-26H,13H2,1-3H3,(H,24,27)/b7-5+,16-8+. The predicted octanol–water partition coefficient (Wildman–Crippen LogP) is 3.20. The van der Waals surface area contributed by atoms with Crippen LogP contribution >= 0.6 is 0 Å². The van der Waals surface area contributed by atoms with Gasteiger partial charge in [0.05, 0.1) is 14.2 Å².